The van der Waals surface area contributed by atoms with E-state index in [9.17, 15) is 0 Å². The van der Waals surface area contributed by atoms with Gasteiger partial charge in [-0.2, -0.15) is 0 Å². The molecule has 1 aliphatic rings. The van der Waals surface area contributed by atoms with Crippen LogP contribution in [0.3, 0.4) is 0 Å². The number of aliphatic imine (C=N–C) groups is 1. The molecule has 0 bridgehead atoms. The molecule has 0 radical (unpaired) electrons. The molecule has 2 rings (SSSR count). The molecule has 1 aromatic rings. The molecule has 5 nitrogen and oxygen atoms in total. The van der Waals surface area contributed by atoms with Crippen molar-refractivity contribution >= 4 is 28.0 Å². The highest BCUT2D eigenvalue weighted by Gasteiger charge is 2.23. The van der Waals surface area contributed by atoms with E-state index in [4.69, 9.17) is 9.47 Å². The molecule has 1 aliphatic carbocycles. The summed E-state index contributed by atoms with van der Waals surface area (Å²) in [6, 6.07) is 1.97. The Bertz CT molecular complexity index is 543. The van der Waals surface area contributed by atoms with Crippen LogP contribution in [0.2, 0.25) is 0 Å². The fourth-order valence-corrected chi connectivity index (χ4v) is 2.95. The summed E-state index contributed by atoms with van der Waals surface area (Å²) in [4.78, 5) is 11.1. The van der Waals surface area contributed by atoms with Gasteiger partial charge >= 0.3 is 0 Å². The molecule has 0 unspecified atom stereocenters. The van der Waals surface area contributed by atoms with Crippen LogP contribution in [0.15, 0.2) is 15.5 Å². The largest absolute Gasteiger partial charge is 0.474 e. The Morgan fingerprint density at radius 1 is 1.35 bits per heavy atom. The molecule has 1 saturated carbocycles. The molecule has 23 heavy (non-hydrogen) atoms. The first-order valence-electron chi connectivity index (χ1n) is 8.14. The molecule has 0 aliphatic heterocycles. The third-order valence-electron chi connectivity index (χ3n) is 4.23. The Morgan fingerprint density at radius 3 is 2.61 bits per heavy atom. The normalized spacial score (nSPS) is 21.6. The molecule has 1 aromatic heterocycles. The smallest absolute Gasteiger partial charge is 0.228 e. The van der Waals surface area contributed by atoms with Crippen LogP contribution in [-0.4, -0.2) is 49.1 Å². The van der Waals surface area contributed by atoms with Gasteiger partial charge in [0, 0.05) is 20.7 Å². The van der Waals surface area contributed by atoms with Crippen molar-refractivity contribution in [1.82, 2.24) is 9.88 Å². The van der Waals surface area contributed by atoms with E-state index in [2.05, 4.69) is 32.8 Å². The molecule has 1 fully saturated rings. The van der Waals surface area contributed by atoms with Gasteiger partial charge in [-0.1, -0.05) is 0 Å². The fourth-order valence-electron chi connectivity index (χ4n) is 2.55. The second-order valence-corrected chi connectivity index (χ2v) is 6.80. The second kappa shape index (κ2) is 8.64. The Kier molecular flexibility index (Phi) is 6.84. The zero-order chi connectivity index (χ0) is 16.8. The minimum atomic E-state index is 0.213. The molecule has 1 heterocycles. The number of hydrogen-bond donors (Lipinski definition) is 0. The third-order valence-corrected chi connectivity index (χ3v) is 4.80. The average Bonchev–Trinajstić information content (AvgIpc) is 2.57. The van der Waals surface area contributed by atoms with Gasteiger partial charge in [0.05, 0.1) is 28.3 Å². The SMILES string of the molecule is CCN(C)/C=N/c1cc(Br)c(O[C@H]2CC[C@H](OC)CC2)nc1C. The van der Waals surface area contributed by atoms with Gasteiger partial charge in [-0.3, -0.25) is 0 Å². The van der Waals surface area contributed by atoms with E-state index in [0.717, 1.165) is 48.1 Å². The van der Waals surface area contributed by atoms with E-state index in [-0.39, 0.29) is 6.10 Å². The van der Waals surface area contributed by atoms with Crippen molar-refractivity contribution in [2.45, 2.75) is 51.7 Å². The first-order valence-corrected chi connectivity index (χ1v) is 8.93. The third kappa shape index (κ3) is 5.18. The van der Waals surface area contributed by atoms with E-state index in [1.165, 1.54) is 0 Å². The van der Waals surface area contributed by atoms with Crippen LogP contribution in [0.5, 0.6) is 5.88 Å². The first-order chi connectivity index (χ1) is 11.0. The van der Waals surface area contributed by atoms with Crippen LogP contribution in [0.25, 0.3) is 0 Å². The molecule has 0 amide bonds. The summed E-state index contributed by atoms with van der Waals surface area (Å²) in [7, 11) is 3.78. The van der Waals surface area contributed by atoms with Gasteiger partial charge in [0.1, 0.15) is 6.10 Å². The number of pyridine rings is 1. The van der Waals surface area contributed by atoms with Gasteiger partial charge in [0.15, 0.2) is 0 Å². The predicted molar refractivity (Wildman–Crippen MR) is 96.8 cm³/mol. The number of aryl methyl sites for hydroxylation is 1. The quantitative estimate of drug-likeness (QED) is 0.547. The standard InChI is InChI=1S/C17H26BrN3O2/c1-5-21(3)11-19-16-10-15(18)17(20-12(16)2)23-14-8-6-13(22-4)7-9-14/h10-11,13-14H,5-9H2,1-4H3/b19-11+/t13-,14-. The van der Waals surface area contributed by atoms with Crippen molar-refractivity contribution in [3.8, 4) is 5.88 Å². The van der Waals surface area contributed by atoms with Crippen LogP contribution >= 0.6 is 15.9 Å². The van der Waals surface area contributed by atoms with Crippen LogP contribution in [0.4, 0.5) is 5.69 Å². The molecule has 0 N–H and O–H groups in total. The Morgan fingerprint density at radius 2 is 2.00 bits per heavy atom. The minimum absolute atomic E-state index is 0.213. The maximum Gasteiger partial charge on any atom is 0.228 e. The van der Waals surface area contributed by atoms with E-state index >= 15 is 0 Å². The lowest BCUT2D eigenvalue weighted by molar-refractivity contribution is 0.0312. The number of hydrogen-bond acceptors (Lipinski definition) is 4. The van der Waals surface area contributed by atoms with Crippen molar-refractivity contribution < 1.29 is 9.47 Å². The molecular formula is C17H26BrN3O2. The summed E-state index contributed by atoms with van der Waals surface area (Å²) < 4.78 is 12.3. The first kappa shape index (κ1) is 18.2. The molecular weight excluding hydrogens is 358 g/mol. The van der Waals surface area contributed by atoms with Crippen molar-refractivity contribution in [2.75, 3.05) is 20.7 Å². The Labute approximate surface area is 147 Å². The monoisotopic (exact) mass is 383 g/mol. The summed E-state index contributed by atoms with van der Waals surface area (Å²) >= 11 is 3.56. The van der Waals surface area contributed by atoms with Crippen molar-refractivity contribution in [2.24, 2.45) is 4.99 Å². The Hall–Kier alpha value is -1.14. The number of halogens is 1. The molecule has 0 saturated heterocycles. The fraction of sp³-hybridized carbons (Fsp3) is 0.647. The zero-order valence-corrected chi connectivity index (χ0v) is 16.0. The number of nitrogens with zero attached hydrogens (tertiary/aromatic N) is 3. The molecule has 128 valence electrons. The Balaban J connectivity index is 2.04. The molecule has 0 atom stereocenters. The average molecular weight is 384 g/mol. The van der Waals surface area contributed by atoms with E-state index in [0.29, 0.717) is 12.0 Å². The van der Waals surface area contributed by atoms with Gasteiger partial charge in [0.25, 0.3) is 0 Å². The van der Waals surface area contributed by atoms with Crippen LogP contribution in [-0.2, 0) is 4.74 Å². The number of rotatable bonds is 6. The number of aromatic nitrogens is 1. The maximum atomic E-state index is 6.09. The zero-order valence-electron chi connectivity index (χ0n) is 14.4. The van der Waals surface area contributed by atoms with Gasteiger partial charge in [-0.05, 0) is 61.5 Å². The van der Waals surface area contributed by atoms with Gasteiger partial charge < -0.3 is 14.4 Å². The lowest BCUT2D eigenvalue weighted by Crippen LogP contribution is -2.28. The van der Waals surface area contributed by atoms with Crippen LogP contribution in [0.1, 0.15) is 38.3 Å². The summed E-state index contributed by atoms with van der Waals surface area (Å²) in [5, 5.41) is 0. The van der Waals surface area contributed by atoms with E-state index in [1.54, 1.807) is 7.11 Å². The summed E-state index contributed by atoms with van der Waals surface area (Å²) in [6.45, 7) is 4.96. The van der Waals surface area contributed by atoms with Crippen molar-refractivity contribution in [3.05, 3.63) is 16.2 Å². The minimum Gasteiger partial charge on any atom is -0.474 e. The lowest BCUT2D eigenvalue weighted by Gasteiger charge is -2.28. The van der Waals surface area contributed by atoms with Crippen LogP contribution in [0, 0.1) is 6.92 Å². The van der Waals surface area contributed by atoms with Crippen molar-refractivity contribution in [3.63, 3.8) is 0 Å². The van der Waals surface area contributed by atoms with E-state index in [1.807, 2.05) is 31.3 Å². The molecule has 0 aromatic carbocycles. The van der Waals surface area contributed by atoms with Gasteiger partial charge in [-0.25, -0.2) is 9.98 Å². The highest BCUT2D eigenvalue weighted by Crippen LogP contribution is 2.32. The van der Waals surface area contributed by atoms with Gasteiger partial charge in [-0.15, -0.1) is 0 Å². The number of ether oxygens (including phenoxy) is 2. The predicted octanol–water partition coefficient (Wildman–Crippen LogP) is 4.10. The topological polar surface area (TPSA) is 47.0 Å². The highest BCUT2D eigenvalue weighted by atomic mass is 79.9. The highest BCUT2D eigenvalue weighted by molar-refractivity contribution is 9.10. The molecule has 0 spiro atoms. The lowest BCUT2D eigenvalue weighted by atomic mass is 9.95. The summed E-state index contributed by atoms with van der Waals surface area (Å²) in [5.41, 5.74) is 1.72. The maximum absolute atomic E-state index is 6.09. The van der Waals surface area contributed by atoms with E-state index < -0.39 is 0 Å². The summed E-state index contributed by atoms with van der Waals surface area (Å²) in [5.74, 6) is 0.658. The van der Waals surface area contributed by atoms with Crippen LogP contribution < -0.4 is 4.74 Å². The van der Waals surface area contributed by atoms with Crippen molar-refractivity contribution in [1.29, 1.82) is 0 Å². The second-order valence-electron chi connectivity index (χ2n) is 5.95. The summed E-state index contributed by atoms with van der Waals surface area (Å²) in [6.07, 6.45) is 6.51. The molecule has 6 heteroatoms. The number of methoxy groups -OCH3 is 1. The van der Waals surface area contributed by atoms with Gasteiger partial charge in [0.2, 0.25) is 5.88 Å².